The highest BCUT2D eigenvalue weighted by atomic mass is 16.2. The van der Waals surface area contributed by atoms with Crippen LogP contribution in [0.5, 0.6) is 0 Å². The van der Waals surface area contributed by atoms with Crippen LogP contribution in [0.15, 0.2) is 48.5 Å². The molecule has 2 N–H and O–H groups in total. The fourth-order valence-electron chi connectivity index (χ4n) is 2.92. The van der Waals surface area contributed by atoms with Gasteiger partial charge in [-0.25, -0.2) is 0 Å². The van der Waals surface area contributed by atoms with E-state index in [4.69, 9.17) is 0 Å². The number of carbonyl (C=O) groups is 1. The molecule has 2 aromatic rings. The molecule has 0 unspecified atom stereocenters. The molecule has 2 rings (SSSR count). The second kappa shape index (κ2) is 8.11. The van der Waals surface area contributed by atoms with Crippen LogP contribution in [0.25, 0.3) is 0 Å². The molecule has 0 radical (unpaired) electrons. The van der Waals surface area contributed by atoms with Crippen molar-refractivity contribution >= 4 is 11.6 Å². The molecule has 3 nitrogen and oxygen atoms in total. The van der Waals surface area contributed by atoms with Gasteiger partial charge in [-0.15, -0.1) is 0 Å². The molecule has 2 aromatic carbocycles. The van der Waals surface area contributed by atoms with Crippen LogP contribution in [0.4, 0.5) is 5.69 Å². The number of aryl methyl sites for hydroxylation is 2. The minimum Gasteiger partial charge on any atom is -0.324 e. The van der Waals surface area contributed by atoms with Crippen LogP contribution >= 0.6 is 0 Å². The summed E-state index contributed by atoms with van der Waals surface area (Å²) in [5.41, 5.74) is 4.29. The summed E-state index contributed by atoms with van der Waals surface area (Å²) in [5, 5.41) is 6.55. The van der Waals surface area contributed by atoms with E-state index in [0.29, 0.717) is 5.92 Å². The van der Waals surface area contributed by atoms with Crippen molar-refractivity contribution in [2.75, 3.05) is 5.32 Å². The van der Waals surface area contributed by atoms with Crippen molar-refractivity contribution in [2.24, 2.45) is 5.92 Å². The van der Waals surface area contributed by atoms with Gasteiger partial charge in [-0.3, -0.25) is 10.1 Å². The average Bonchev–Trinajstić information content (AvgIpc) is 2.56. The number of rotatable bonds is 6. The molecule has 24 heavy (non-hydrogen) atoms. The van der Waals surface area contributed by atoms with Crippen LogP contribution in [0, 0.1) is 19.8 Å². The van der Waals surface area contributed by atoms with Gasteiger partial charge >= 0.3 is 0 Å². The van der Waals surface area contributed by atoms with Crippen LogP contribution < -0.4 is 10.6 Å². The number of anilines is 1. The van der Waals surface area contributed by atoms with Crippen molar-refractivity contribution in [3.63, 3.8) is 0 Å². The van der Waals surface area contributed by atoms with E-state index in [1.807, 2.05) is 57.2 Å². The summed E-state index contributed by atoms with van der Waals surface area (Å²) in [6.45, 7) is 10.3. The lowest BCUT2D eigenvalue weighted by atomic mass is 9.95. The molecule has 0 bridgehead atoms. The first-order valence-electron chi connectivity index (χ1n) is 8.58. The molecular weight excluding hydrogens is 296 g/mol. The third-order valence-corrected chi connectivity index (χ3v) is 4.38. The molecule has 0 spiro atoms. The Bertz CT molecular complexity index is 659. The van der Waals surface area contributed by atoms with Crippen molar-refractivity contribution in [1.82, 2.24) is 5.32 Å². The van der Waals surface area contributed by atoms with Crippen molar-refractivity contribution < 1.29 is 4.79 Å². The predicted molar refractivity (Wildman–Crippen MR) is 101 cm³/mol. The Morgan fingerprint density at radius 2 is 1.46 bits per heavy atom. The number of nitrogens with one attached hydrogen (secondary N) is 2. The maximum Gasteiger partial charge on any atom is 0.241 e. The molecule has 0 aliphatic heterocycles. The molecule has 0 fully saturated rings. The topological polar surface area (TPSA) is 41.1 Å². The lowest BCUT2D eigenvalue weighted by Crippen LogP contribution is -2.42. The maximum absolute atomic E-state index is 12.6. The van der Waals surface area contributed by atoms with E-state index >= 15 is 0 Å². The molecular formula is C21H28N2O. The standard InChI is InChI=1S/C21H28N2O/c1-14(2)19(18-12-7-6-8-13-18)22-17(5)21(24)23-20-15(3)10-9-11-16(20)4/h6-14,17,19,22H,1-5H3,(H,23,24)/t17-,19-/m0/s1. The van der Waals surface area contributed by atoms with Crippen LogP contribution in [0.2, 0.25) is 0 Å². The summed E-state index contributed by atoms with van der Waals surface area (Å²) in [5.74, 6) is 0.386. The summed E-state index contributed by atoms with van der Waals surface area (Å²) in [4.78, 5) is 12.6. The third kappa shape index (κ3) is 4.45. The van der Waals surface area contributed by atoms with E-state index in [1.54, 1.807) is 0 Å². The summed E-state index contributed by atoms with van der Waals surface area (Å²) in [6, 6.07) is 16.2. The van der Waals surface area contributed by atoms with Gasteiger partial charge in [-0.1, -0.05) is 62.4 Å². The van der Waals surface area contributed by atoms with Gasteiger partial charge in [-0.2, -0.15) is 0 Å². The lowest BCUT2D eigenvalue weighted by Gasteiger charge is -2.27. The first kappa shape index (κ1) is 18.2. The SMILES string of the molecule is Cc1cccc(C)c1NC(=O)[C@H](C)N[C@H](c1ccccc1)C(C)C. The van der Waals surface area contributed by atoms with Crippen LogP contribution in [-0.4, -0.2) is 11.9 Å². The average molecular weight is 324 g/mol. The van der Waals surface area contributed by atoms with Crippen molar-refractivity contribution in [3.8, 4) is 0 Å². The van der Waals surface area contributed by atoms with E-state index in [0.717, 1.165) is 16.8 Å². The fraction of sp³-hybridized carbons (Fsp3) is 0.381. The smallest absolute Gasteiger partial charge is 0.241 e. The highest BCUT2D eigenvalue weighted by molar-refractivity contribution is 5.95. The Morgan fingerprint density at radius 1 is 0.875 bits per heavy atom. The van der Waals surface area contributed by atoms with Gasteiger partial charge in [0.2, 0.25) is 5.91 Å². The van der Waals surface area contributed by atoms with Crippen LogP contribution in [-0.2, 0) is 4.79 Å². The molecule has 0 heterocycles. The minimum atomic E-state index is -0.281. The van der Waals surface area contributed by atoms with Crippen molar-refractivity contribution in [2.45, 2.75) is 46.7 Å². The summed E-state index contributed by atoms with van der Waals surface area (Å²) in [6.07, 6.45) is 0. The Morgan fingerprint density at radius 3 is 2.00 bits per heavy atom. The summed E-state index contributed by atoms with van der Waals surface area (Å²) in [7, 11) is 0. The monoisotopic (exact) mass is 324 g/mol. The maximum atomic E-state index is 12.6. The number of hydrogen-bond acceptors (Lipinski definition) is 2. The van der Waals surface area contributed by atoms with Gasteiger partial charge in [0.1, 0.15) is 0 Å². The lowest BCUT2D eigenvalue weighted by molar-refractivity contribution is -0.118. The Balaban J connectivity index is 2.10. The zero-order valence-electron chi connectivity index (χ0n) is 15.3. The second-order valence-electron chi connectivity index (χ2n) is 6.78. The van der Waals surface area contributed by atoms with Crippen molar-refractivity contribution in [1.29, 1.82) is 0 Å². The second-order valence-corrected chi connectivity index (χ2v) is 6.78. The number of hydrogen-bond donors (Lipinski definition) is 2. The molecule has 0 aromatic heterocycles. The van der Waals surface area contributed by atoms with E-state index in [-0.39, 0.29) is 18.0 Å². The normalized spacial score (nSPS) is 13.6. The van der Waals surface area contributed by atoms with Gasteiger partial charge in [0, 0.05) is 11.7 Å². The van der Waals surface area contributed by atoms with Crippen LogP contribution in [0.3, 0.4) is 0 Å². The number of para-hydroxylation sites is 1. The molecule has 3 heteroatoms. The molecule has 0 saturated carbocycles. The Hall–Kier alpha value is -2.13. The highest BCUT2D eigenvalue weighted by Gasteiger charge is 2.22. The molecule has 128 valence electrons. The largest absolute Gasteiger partial charge is 0.324 e. The fourth-order valence-corrected chi connectivity index (χ4v) is 2.92. The number of benzene rings is 2. The highest BCUT2D eigenvalue weighted by Crippen LogP contribution is 2.23. The number of carbonyl (C=O) groups excluding carboxylic acids is 1. The first-order chi connectivity index (χ1) is 11.4. The molecule has 2 atom stereocenters. The molecule has 0 saturated heterocycles. The van der Waals surface area contributed by atoms with E-state index in [2.05, 4.69) is 36.6 Å². The summed E-state index contributed by atoms with van der Waals surface area (Å²) < 4.78 is 0. The zero-order valence-corrected chi connectivity index (χ0v) is 15.3. The van der Waals surface area contributed by atoms with Crippen molar-refractivity contribution in [3.05, 3.63) is 65.2 Å². The third-order valence-electron chi connectivity index (χ3n) is 4.38. The van der Waals surface area contributed by atoms with Gasteiger partial charge in [0.15, 0.2) is 0 Å². The first-order valence-corrected chi connectivity index (χ1v) is 8.58. The Labute approximate surface area is 145 Å². The van der Waals surface area contributed by atoms with E-state index < -0.39 is 0 Å². The minimum absolute atomic E-state index is 0.00557. The predicted octanol–water partition coefficient (Wildman–Crippen LogP) is 4.62. The van der Waals surface area contributed by atoms with Gasteiger partial charge in [0.05, 0.1) is 6.04 Å². The quantitative estimate of drug-likeness (QED) is 0.814. The number of amides is 1. The van der Waals surface area contributed by atoms with E-state index in [1.165, 1.54) is 5.56 Å². The van der Waals surface area contributed by atoms with Gasteiger partial charge in [0.25, 0.3) is 0 Å². The van der Waals surface area contributed by atoms with Gasteiger partial charge in [-0.05, 0) is 43.4 Å². The molecule has 1 amide bonds. The molecule has 0 aliphatic carbocycles. The van der Waals surface area contributed by atoms with E-state index in [9.17, 15) is 4.79 Å². The molecule has 0 aliphatic rings. The van der Waals surface area contributed by atoms with Gasteiger partial charge < -0.3 is 5.32 Å². The zero-order chi connectivity index (χ0) is 17.7. The Kier molecular flexibility index (Phi) is 6.16. The van der Waals surface area contributed by atoms with Crippen LogP contribution in [0.1, 0.15) is 43.5 Å². The summed E-state index contributed by atoms with van der Waals surface area (Å²) >= 11 is 0.